The quantitative estimate of drug-likeness (QED) is 0.707. The van der Waals surface area contributed by atoms with Crippen molar-refractivity contribution < 1.29 is 14.6 Å². The molecule has 1 unspecified atom stereocenters. The summed E-state index contributed by atoms with van der Waals surface area (Å²) in [6, 6.07) is 3.40. The normalized spacial score (nSPS) is 20.2. The van der Waals surface area contributed by atoms with Gasteiger partial charge in [0.1, 0.15) is 5.60 Å². The molecule has 0 saturated carbocycles. The fourth-order valence-corrected chi connectivity index (χ4v) is 1.41. The van der Waals surface area contributed by atoms with Crippen LogP contribution in [0, 0.1) is 0 Å². The van der Waals surface area contributed by atoms with Crippen molar-refractivity contribution in [2.24, 2.45) is 0 Å². The van der Waals surface area contributed by atoms with Crippen LogP contribution in [0.2, 0.25) is 0 Å². The maximum atomic E-state index is 11.6. The standard InChI is InChI=1S/C10H12N2O3/c1-10(2,14)7-9(13)12-8-6(15-7)4-3-5-11-8/h3-5,7,14H,1-2H3,(H,11,12,13). The Labute approximate surface area is 87.1 Å². The van der Waals surface area contributed by atoms with E-state index in [1.165, 1.54) is 13.8 Å². The predicted molar refractivity (Wildman–Crippen MR) is 53.6 cm³/mol. The summed E-state index contributed by atoms with van der Waals surface area (Å²) in [5.74, 6) is 0.487. The number of fused-ring (bicyclic) bond motifs is 1. The maximum Gasteiger partial charge on any atom is 0.269 e. The first-order valence-corrected chi connectivity index (χ1v) is 4.63. The van der Waals surface area contributed by atoms with Gasteiger partial charge in [0.15, 0.2) is 11.6 Å². The van der Waals surface area contributed by atoms with Crippen molar-refractivity contribution >= 4 is 11.7 Å². The molecule has 2 rings (SSSR count). The lowest BCUT2D eigenvalue weighted by Gasteiger charge is -2.32. The lowest BCUT2D eigenvalue weighted by atomic mass is 10.00. The second-order valence-electron chi connectivity index (χ2n) is 3.99. The topological polar surface area (TPSA) is 71.5 Å². The molecular weight excluding hydrogens is 196 g/mol. The smallest absolute Gasteiger partial charge is 0.269 e. The van der Waals surface area contributed by atoms with E-state index in [0.29, 0.717) is 11.6 Å². The first kappa shape index (κ1) is 9.92. The maximum absolute atomic E-state index is 11.6. The van der Waals surface area contributed by atoms with Gasteiger partial charge in [-0.1, -0.05) is 0 Å². The Balaban J connectivity index is 2.34. The molecule has 0 spiro atoms. The number of amides is 1. The van der Waals surface area contributed by atoms with Gasteiger partial charge in [0.2, 0.25) is 6.10 Å². The summed E-state index contributed by atoms with van der Waals surface area (Å²) in [4.78, 5) is 15.5. The number of rotatable bonds is 1. The molecule has 0 radical (unpaired) electrons. The minimum Gasteiger partial charge on any atom is -0.474 e. The molecule has 2 N–H and O–H groups in total. The second-order valence-corrected chi connectivity index (χ2v) is 3.99. The third kappa shape index (κ3) is 1.78. The number of hydrogen-bond acceptors (Lipinski definition) is 4. The fourth-order valence-electron chi connectivity index (χ4n) is 1.41. The second kappa shape index (κ2) is 3.20. The van der Waals surface area contributed by atoms with E-state index in [2.05, 4.69) is 10.3 Å². The monoisotopic (exact) mass is 208 g/mol. The van der Waals surface area contributed by atoms with Crippen molar-refractivity contribution in [3.63, 3.8) is 0 Å². The fraction of sp³-hybridized carbons (Fsp3) is 0.400. The Morgan fingerprint density at radius 2 is 2.33 bits per heavy atom. The van der Waals surface area contributed by atoms with Gasteiger partial charge in [0.05, 0.1) is 0 Å². The molecule has 0 bridgehead atoms. The molecule has 5 nitrogen and oxygen atoms in total. The van der Waals surface area contributed by atoms with Crippen LogP contribution in [0.4, 0.5) is 5.82 Å². The lowest BCUT2D eigenvalue weighted by molar-refractivity contribution is -0.134. The summed E-state index contributed by atoms with van der Waals surface area (Å²) in [6.45, 7) is 3.05. The van der Waals surface area contributed by atoms with Crippen LogP contribution in [0.1, 0.15) is 13.8 Å². The number of nitrogens with one attached hydrogen (secondary N) is 1. The van der Waals surface area contributed by atoms with E-state index in [4.69, 9.17) is 4.74 Å². The summed E-state index contributed by atoms with van der Waals surface area (Å²) in [5, 5.41) is 12.3. The molecule has 1 aliphatic heterocycles. The molecule has 1 aromatic heterocycles. The molecule has 0 aliphatic carbocycles. The zero-order valence-electron chi connectivity index (χ0n) is 8.52. The highest BCUT2D eigenvalue weighted by Crippen LogP contribution is 2.29. The van der Waals surface area contributed by atoms with Gasteiger partial charge >= 0.3 is 0 Å². The zero-order valence-corrected chi connectivity index (χ0v) is 8.52. The van der Waals surface area contributed by atoms with Gasteiger partial charge in [-0.2, -0.15) is 0 Å². The van der Waals surface area contributed by atoms with Gasteiger partial charge in [-0.05, 0) is 26.0 Å². The predicted octanol–water partition coefficient (Wildman–Crippen LogP) is 0.552. The minimum atomic E-state index is -1.22. The highest BCUT2D eigenvalue weighted by molar-refractivity contribution is 5.97. The first-order valence-electron chi connectivity index (χ1n) is 4.63. The van der Waals surface area contributed by atoms with Crippen LogP contribution in [-0.4, -0.2) is 27.7 Å². The van der Waals surface area contributed by atoms with Gasteiger partial charge in [-0.25, -0.2) is 4.98 Å². The van der Waals surface area contributed by atoms with Crippen molar-refractivity contribution in [1.29, 1.82) is 0 Å². The number of carbonyl (C=O) groups is 1. The molecule has 1 aromatic rings. The zero-order chi connectivity index (χ0) is 11.1. The van der Waals surface area contributed by atoms with E-state index in [9.17, 15) is 9.90 Å². The van der Waals surface area contributed by atoms with Gasteiger partial charge in [0.25, 0.3) is 5.91 Å². The minimum absolute atomic E-state index is 0.381. The third-order valence-corrected chi connectivity index (χ3v) is 2.14. The van der Waals surface area contributed by atoms with Crippen LogP contribution >= 0.6 is 0 Å². The van der Waals surface area contributed by atoms with Crippen LogP contribution in [0.5, 0.6) is 5.75 Å². The van der Waals surface area contributed by atoms with Crippen molar-refractivity contribution in [2.75, 3.05) is 5.32 Å². The summed E-state index contributed by atoms with van der Waals surface area (Å²) in [7, 11) is 0. The molecule has 1 atom stereocenters. The average Bonchev–Trinajstić information content (AvgIpc) is 2.15. The molecule has 0 saturated heterocycles. The van der Waals surface area contributed by atoms with Gasteiger partial charge in [0, 0.05) is 6.20 Å². The summed E-state index contributed by atoms with van der Waals surface area (Å²) >= 11 is 0. The Morgan fingerprint density at radius 1 is 1.60 bits per heavy atom. The molecule has 0 aromatic carbocycles. The van der Waals surface area contributed by atoms with Crippen LogP contribution in [0.15, 0.2) is 18.3 Å². The van der Waals surface area contributed by atoms with Crippen molar-refractivity contribution in [1.82, 2.24) is 4.98 Å². The average molecular weight is 208 g/mol. The molecule has 0 fully saturated rings. The highest BCUT2D eigenvalue weighted by atomic mass is 16.5. The molecule has 80 valence electrons. The van der Waals surface area contributed by atoms with Crippen molar-refractivity contribution in [3.05, 3.63) is 18.3 Å². The van der Waals surface area contributed by atoms with Crippen molar-refractivity contribution in [2.45, 2.75) is 25.6 Å². The Bertz CT molecular complexity index is 398. The van der Waals surface area contributed by atoms with E-state index in [-0.39, 0.29) is 5.91 Å². The van der Waals surface area contributed by atoms with E-state index >= 15 is 0 Å². The molecule has 2 heterocycles. The first-order chi connectivity index (χ1) is 6.98. The largest absolute Gasteiger partial charge is 0.474 e. The van der Waals surface area contributed by atoms with Crippen molar-refractivity contribution in [3.8, 4) is 5.75 Å². The summed E-state index contributed by atoms with van der Waals surface area (Å²) in [6.07, 6.45) is 0.654. The van der Waals surface area contributed by atoms with E-state index in [1.54, 1.807) is 18.3 Å². The van der Waals surface area contributed by atoms with Gasteiger partial charge in [-0.15, -0.1) is 0 Å². The van der Waals surface area contributed by atoms with E-state index in [1.807, 2.05) is 0 Å². The van der Waals surface area contributed by atoms with Gasteiger partial charge < -0.3 is 15.2 Å². The summed E-state index contributed by atoms with van der Waals surface area (Å²) in [5.41, 5.74) is -1.22. The third-order valence-electron chi connectivity index (χ3n) is 2.14. The number of carbonyl (C=O) groups excluding carboxylic acids is 1. The van der Waals surface area contributed by atoms with Crippen LogP contribution in [0.25, 0.3) is 0 Å². The highest BCUT2D eigenvalue weighted by Gasteiger charge is 2.39. The number of anilines is 1. The number of nitrogens with zero attached hydrogens (tertiary/aromatic N) is 1. The number of ether oxygens (including phenoxy) is 1. The Hall–Kier alpha value is -1.62. The van der Waals surface area contributed by atoms with Crippen LogP contribution in [-0.2, 0) is 4.79 Å². The van der Waals surface area contributed by atoms with E-state index < -0.39 is 11.7 Å². The number of pyridine rings is 1. The van der Waals surface area contributed by atoms with Gasteiger partial charge in [-0.3, -0.25) is 4.79 Å². The van der Waals surface area contributed by atoms with Crippen LogP contribution < -0.4 is 10.1 Å². The molecule has 15 heavy (non-hydrogen) atoms. The number of aromatic nitrogens is 1. The molecule has 5 heteroatoms. The number of aliphatic hydroxyl groups is 1. The molecule has 1 amide bonds. The lowest BCUT2D eigenvalue weighted by Crippen LogP contribution is -2.51. The summed E-state index contributed by atoms with van der Waals surface area (Å²) < 4.78 is 5.38. The molecular formula is C10H12N2O3. The Kier molecular flexibility index (Phi) is 2.12. The number of hydrogen-bond donors (Lipinski definition) is 2. The van der Waals surface area contributed by atoms with E-state index in [0.717, 1.165) is 0 Å². The molecule has 1 aliphatic rings. The Morgan fingerprint density at radius 3 is 3.00 bits per heavy atom. The van der Waals surface area contributed by atoms with Crippen LogP contribution in [0.3, 0.4) is 0 Å². The SMILES string of the molecule is CC(C)(O)C1Oc2cccnc2NC1=O.